The number of aromatic nitrogens is 5. The second kappa shape index (κ2) is 6.78. The Balaban J connectivity index is 1.61. The molecule has 0 atom stereocenters. The fraction of sp³-hybridized carbons (Fsp3) is 0.211. The molecule has 0 unspecified atom stereocenters. The molecule has 0 N–H and O–H groups in total. The van der Waals surface area contributed by atoms with Crippen molar-refractivity contribution in [2.75, 3.05) is 0 Å². The highest BCUT2D eigenvalue weighted by Crippen LogP contribution is 2.28. The molecule has 0 bridgehead atoms. The van der Waals surface area contributed by atoms with Gasteiger partial charge in [-0.25, -0.2) is 15.0 Å². The van der Waals surface area contributed by atoms with Gasteiger partial charge in [0.05, 0.1) is 11.4 Å². The van der Waals surface area contributed by atoms with Gasteiger partial charge in [0.1, 0.15) is 0 Å². The first kappa shape index (κ1) is 17.1. The van der Waals surface area contributed by atoms with Gasteiger partial charge < -0.3 is 0 Å². The summed E-state index contributed by atoms with van der Waals surface area (Å²) in [6, 6.07) is 7.96. The van der Waals surface area contributed by atoms with E-state index in [4.69, 9.17) is 11.6 Å². The summed E-state index contributed by atoms with van der Waals surface area (Å²) in [6.45, 7) is 6.07. The van der Waals surface area contributed by atoms with Crippen LogP contribution in [0.15, 0.2) is 48.0 Å². The Kier molecular flexibility index (Phi) is 4.46. The molecule has 0 fully saturated rings. The van der Waals surface area contributed by atoms with Crippen LogP contribution >= 0.6 is 23.4 Å². The number of thioether (sulfide) groups is 1. The van der Waals surface area contributed by atoms with Gasteiger partial charge in [-0.1, -0.05) is 29.4 Å². The minimum absolute atomic E-state index is 0.721. The van der Waals surface area contributed by atoms with Crippen LogP contribution < -0.4 is 0 Å². The Labute approximate surface area is 161 Å². The Morgan fingerprint density at radius 3 is 2.85 bits per heavy atom. The van der Waals surface area contributed by atoms with E-state index >= 15 is 0 Å². The molecule has 0 aliphatic rings. The van der Waals surface area contributed by atoms with E-state index < -0.39 is 0 Å². The third-order valence-electron chi connectivity index (χ3n) is 4.27. The van der Waals surface area contributed by atoms with E-state index in [1.54, 1.807) is 18.0 Å². The van der Waals surface area contributed by atoms with E-state index in [9.17, 15) is 0 Å². The van der Waals surface area contributed by atoms with Crippen LogP contribution in [0.2, 0.25) is 5.02 Å². The fourth-order valence-electron chi connectivity index (χ4n) is 2.96. The zero-order chi connectivity index (χ0) is 18.3. The summed E-state index contributed by atoms with van der Waals surface area (Å²) in [6.07, 6.45) is 5.81. The highest BCUT2D eigenvalue weighted by Gasteiger charge is 2.12. The summed E-state index contributed by atoms with van der Waals surface area (Å²) in [7, 11) is 0. The SMILES string of the molecule is Cc1cc(C)n2cc(CSc3nccn3-c3cccc(Cl)c3C)nc2n1. The number of hydrogen-bond donors (Lipinski definition) is 0. The molecule has 0 saturated heterocycles. The second-order valence-corrected chi connectivity index (χ2v) is 7.54. The topological polar surface area (TPSA) is 48.0 Å². The molecular formula is C19H18ClN5S. The molecule has 7 heteroatoms. The number of rotatable bonds is 4. The van der Waals surface area contributed by atoms with Crippen molar-refractivity contribution in [3.05, 3.63) is 70.5 Å². The van der Waals surface area contributed by atoms with Gasteiger partial charge in [-0.2, -0.15) is 0 Å². The maximum Gasteiger partial charge on any atom is 0.234 e. The van der Waals surface area contributed by atoms with Crippen LogP contribution in [0.25, 0.3) is 11.5 Å². The number of benzene rings is 1. The van der Waals surface area contributed by atoms with Crippen LogP contribution in [0.1, 0.15) is 22.6 Å². The maximum atomic E-state index is 6.27. The first-order chi connectivity index (χ1) is 12.5. The quantitative estimate of drug-likeness (QED) is 0.475. The van der Waals surface area contributed by atoms with Gasteiger partial charge >= 0.3 is 0 Å². The predicted octanol–water partition coefficient (Wildman–Crippen LogP) is 4.79. The van der Waals surface area contributed by atoms with E-state index in [-0.39, 0.29) is 0 Å². The van der Waals surface area contributed by atoms with Crippen molar-refractivity contribution in [1.29, 1.82) is 0 Å². The lowest BCUT2D eigenvalue weighted by atomic mass is 10.2. The molecule has 1 aromatic carbocycles. The smallest absolute Gasteiger partial charge is 0.234 e. The van der Waals surface area contributed by atoms with E-state index in [0.29, 0.717) is 0 Å². The molecular weight excluding hydrogens is 366 g/mol. The zero-order valence-corrected chi connectivity index (χ0v) is 16.3. The highest BCUT2D eigenvalue weighted by atomic mass is 35.5. The third kappa shape index (κ3) is 3.10. The summed E-state index contributed by atoms with van der Waals surface area (Å²) in [5, 5.41) is 1.66. The molecule has 4 rings (SSSR count). The molecule has 132 valence electrons. The van der Waals surface area contributed by atoms with E-state index in [1.807, 2.05) is 48.8 Å². The van der Waals surface area contributed by atoms with Crippen LogP contribution in [0.4, 0.5) is 0 Å². The Morgan fingerprint density at radius 1 is 1.15 bits per heavy atom. The lowest BCUT2D eigenvalue weighted by Crippen LogP contribution is -1.98. The molecule has 4 aromatic rings. The van der Waals surface area contributed by atoms with Crippen LogP contribution in [0.5, 0.6) is 0 Å². The molecule has 0 amide bonds. The molecule has 0 aliphatic heterocycles. The van der Waals surface area contributed by atoms with Gasteiger partial charge in [0, 0.05) is 40.8 Å². The zero-order valence-electron chi connectivity index (χ0n) is 14.8. The largest absolute Gasteiger partial charge is 0.295 e. The minimum atomic E-state index is 0.721. The molecule has 3 aromatic heterocycles. The van der Waals surface area contributed by atoms with Crippen LogP contribution in [-0.4, -0.2) is 23.9 Å². The molecule has 5 nitrogen and oxygen atoms in total. The average Bonchev–Trinajstić information content (AvgIpc) is 3.22. The van der Waals surface area contributed by atoms with E-state index in [2.05, 4.69) is 32.5 Å². The number of aryl methyl sites for hydroxylation is 2. The number of halogens is 1. The summed E-state index contributed by atoms with van der Waals surface area (Å²) in [5.41, 5.74) is 5.17. The lowest BCUT2D eigenvalue weighted by molar-refractivity contribution is 0.887. The normalized spacial score (nSPS) is 11.4. The van der Waals surface area contributed by atoms with Gasteiger partial charge in [-0.3, -0.25) is 8.97 Å². The fourth-order valence-corrected chi connectivity index (χ4v) is 3.98. The van der Waals surface area contributed by atoms with Gasteiger partial charge in [0.2, 0.25) is 5.78 Å². The van der Waals surface area contributed by atoms with E-state index in [0.717, 1.165) is 50.0 Å². The van der Waals surface area contributed by atoms with Crippen molar-refractivity contribution in [2.45, 2.75) is 31.7 Å². The van der Waals surface area contributed by atoms with Crippen molar-refractivity contribution in [2.24, 2.45) is 0 Å². The monoisotopic (exact) mass is 383 g/mol. The first-order valence-corrected chi connectivity index (χ1v) is 9.63. The Bertz CT molecular complexity index is 1100. The van der Waals surface area contributed by atoms with Crippen molar-refractivity contribution in [1.82, 2.24) is 23.9 Å². The maximum absolute atomic E-state index is 6.27. The van der Waals surface area contributed by atoms with Gasteiger partial charge in [-0.15, -0.1) is 0 Å². The number of imidazole rings is 2. The number of nitrogens with zero attached hydrogens (tertiary/aromatic N) is 5. The Morgan fingerprint density at radius 2 is 2.00 bits per heavy atom. The van der Waals surface area contributed by atoms with E-state index in [1.165, 1.54) is 0 Å². The van der Waals surface area contributed by atoms with Crippen molar-refractivity contribution in [3.8, 4) is 5.69 Å². The third-order valence-corrected chi connectivity index (χ3v) is 5.68. The molecule has 0 spiro atoms. The van der Waals surface area contributed by atoms with Crippen LogP contribution in [-0.2, 0) is 5.75 Å². The van der Waals surface area contributed by atoms with Gasteiger partial charge in [0.15, 0.2) is 5.16 Å². The van der Waals surface area contributed by atoms with Crippen LogP contribution in [0.3, 0.4) is 0 Å². The predicted molar refractivity (Wildman–Crippen MR) is 105 cm³/mol. The average molecular weight is 384 g/mol. The van der Waals surface area contributed by atoms with Crippen molar-refractivity contribution < 1.29 is 0 Å². The number of fused-ring (bicyclic) bond motifs is 1. The molecule has 0 aliphatic carbocycles. The van der Waals surface area contributed by atoms with Crippen molar-refractivity contribution >= 4 is 29.1 Å². The van der Waals surface area contributed by atoms with Gasteiger partial charge in [0.25, 0.3) is 0 Å². The highest BCUT2D eigenvalue weighted by molar-refractivity contribution is 7.98. The van der Waals surface area contributed by atoms with Crippen molar-refractivity contribution in [3.63, 3.8) is 0 Å². The summed E-state index contributed by atoms with van der Waals surface area (Å²) in [5.74, 6) is 1.46. The molecule has 3 heterocycles. The Hall–Kier alpha value is -2.31. The van der Waals surface area contributed by atoms with Gasteiger partial charge in [-0.05, 0) is 44.5 Å². The number of hydrogen-bond acceptors (Lipinski definition) is 4. The van der Waals surface area contributed by atoms with Crippen LogP contribution in [0, 0.1) is 20.8 Å². The minimum Gasteiger partial charge on any atom is -0.295 e. The summed E-state index contributed by atoms with van der Waals surface area (Å²) < 4.78 is 4.09. The summed E-state index contributed by atoms with van der Waals surface area (Å²) in [4.78, 5) is 13.6. The molecule has 0 radical (unpaired) electrons. The lowest BCUT2D eigenvalue weighted by Gasteiger charge is -2.11. The second-order valence-electron chi connectivity index (χ2n) is 6.19. The standard InChI is InChI=1S/C19H18ClN5S/c1-12-9-13(2)25-10-15(23-18(25)22-12)11-26-19-21-7-8-24(19)17-6-4-5-16(20)14(17)3/h4-10H,11H2,1-3H3. The summed E-state index contributed by atoms with van der Waals surface area (Å²) >= 11 is 7.92. The molecule has 26 heavy (non-hydrogen) atoms. The molecule has 0 saturated carbocycles. The first-order valence-electron chi connectivity index (χ1n) is 8.27.